The first-order valence-electron chi connectivity index (χ1n) is 11.3. The summed E-state index contributed by atoms with van der Waals surface area (Å²) in [6.07, 6.45) is 0.965. The van der Waals surface area contributed by atoms with Crippen LogP contribution < -0.4 is 14.4 Å². The van der Waals surface area contributed by atoms with Gasteiger partial charge < -0.3 is 23.8 Å². The van der Waals surface area contributed by atoms with Crippen LogP contribution in [-0.4, -0.2) is 34.4 Å². The standard InChI is InChI=1S/C27H41NO4/c1-10-15-28(22-16-20(26(2,3)4)11-13-24(22)31-18-29-8)23-17-21(27(5,6)7)12-14-25(23)32-19-30-9/h11-14,16-17H,10,15,18-19H2,1-9H3. The molecule has 0 N–H and O–H groups in total. The van der Waals surface area contributed by atoms with Crippen LogP contribution in [-0.2, 0) is 20.3 Å². The van der Waals surface area contributed by atoms with E-state index in [0.717, 1.165) is 35.8 Å². The van der Waals surface area contributed by atoms with E-state index in [1.54, 1.807) is 14.2 Å². The molecule has 0 aliphatic heterocycles. The minimum Gasteiger partial charge on any atom is -0.465 e. The molecule has 32 heavy (non-hydrogen) atoms. The van der Waals surface area contributed by atoms with Gasteiger partial charge in [0.15, 0.2) is 13.6 Å². The molecule has 0 unspecified atom stereocenters. The highest BCUT2D eigenvalue weighted by molar-refractivity contribution is 5.75. The van der Waals surface area contributed by atoms with Crippen LogP contribution in [0.4, 0.5) is 11.4 Å². The van der Waals surface area contributed by atoms with Crippen LogP contribution in [0.5, 0.6) is 11.5 Å². The van der Waals surface area contributed by atoms with Crippen molar-refractivity contribution >= 4 is 11.4 Å². The monoisotopic (exact) mass is 443 g/mol. The third kappa shape index (κ3) is 6.63. The van der Waals surface area contributed by atoms with Crippen molar-refractivity contribution in [1.29, 1.82) is 0 Å². The average molecular weight is 444 g/mol. The maximum atomic E-state index is 5.99. The molecule has 0 aromatic heterocycles. The predicted molar refractivity (Wildman–Crippen MR) is 133 cm³/mol. The molecule has 0 fully saturated rings. The zero-order chi connectivity index (χ0) is 23.9. The first-order chi connectivity index (χ1) is 15.0. The van der Waals surface area contributed by atoms with E-state index < -0.39 is 0 Å². The zero-order valence-electron chi connectivity index (χ0n) is 21.4. The summed E-state index contributed by atoms with van der Waals surface area (Å²) in [5.41, 5.74) is 4.51. The van der Waals surface area contributed by atoms with Crippen molar-refractivity contribution in [2.24, 2.45) is 0 Å². The molecule has 5 nitrogen and oxygen atoms in total. The Kier molecular flexibility index (Phi) is 8.99. The van der Waals surface area contributed by atoms with Crippen LogP contribution in [0, 0.1) is 0 Å². The summed E-state index contributed by atoms with van der Waals surface area (Å²) < 4.78 is 22.4. The summed E-state index contributed by atoms with van der Waals surface area (Å²) in [4.78, 5) is 2.29. The highest BCUT2D eigenvalue weighted by Crippen LogP contribution is 2.42. The van der Waals surface area contributed by atoms with Crippen molar-refractivity contribution in [2.45, 2.75) is 65.7 Å². The lowest BCUT2D eigenvalue weighted by Crippen LogP contribution is -2.22. The second-order valence-electron chi connectivity index (χ2n) is 10.1. The number of ether oxygens (including phenoxy) is 4. The summed E-state index contributed by atoms with van der Waals surface area (Å²) >= 11 is 0. The fourth-order valence-electron chi connectivity index (χ4n) is 3.47. The van der Waals surface area contributed by atoms with E-state index in [9.17, 15) is 0 Å². The van der Waals surface area contributed by atoms with Crippen molar-refractivity contribution in [2.75, 3.05) is 39.3 Å². The number of hydrogen-bond acceptors (Lipinski definition) is 5. The summed E-state index contributed by atoms with van der Waals surface area (Å²) in [6, 6.07) is 12.8. The molecule has 2 rings (SSSR count). The normalized spacial score (nSPS) is 12.0. The number of benzene rings is 2. The maximum Gasteiger partial charge on any atom is 0.188 e. The van der Waals surface area contributed by atoms with Gasteiger partial charge in [0.2, 0.25) is 0 Å². The molecular weight excluding hydrogens is 402 g/mol. The molecule has 0 aliphatic rings. The largest absolute Gasteiger partial charge is 0.465 e. The van der Waals surface area contributed by atoms with Gasteiger partial charge in [0.05, 0.1) is 11.4 Å². The Labute approximate surface area is 194 Å². The highest BCUT2D eigenvalue weighted by atomic mass is 16.7. The molecule has 0 amide bonds. The van der Waals surface area contributed by atoms with Crippen LogP contribution in [0.3, 0.4) is 0 Å². The van der Waals surface area contributed by atoms with Crippen molar-refractivity contribution in [1.82, 2.24) is 0 Å². The minimum atomic E-state index is 0.00899. The third-order valence-corrected chi connectivity index (χ3v) is 5.34. The van der Waals surface area contributed by atoms with Gasteiger partial charge >= 0.3 is 0 Å². The van der Waals surface area contributed by atoms with Gasteiger partial charge in [-0.15, -0.1) is 0 Å². The smallest absolute Gasteiger partial charge is 0.188 e. The van der Waals surface area contributed by atoms with E-state index in [2.05, 4.69) is 77.6 Å². The Balaban J connectivity index is 2.73. The van der Waals surface area contributed by atoms with Crippen LogP contribution >= 0.6 is 0 Å². The lowest BCUT2D eigenvalue weighted by Gasteiger charge is -2.31. The predicted octanol–water partition coefficient (Wildman–Crippen LogP) is 6.80. The lowest BCUT2D eigenvalue weighted by molar-refractivity contribution is 0.0510. The molecule has 0 aliphatic carbocycles. The van der Waals surface area contributed by atoms with E-state index in [0.29, 0.717) is 0 Å². The van der Waals surface area contributed by atoms with Gasteiger partial charge in [-0.05, 0) is 52.6 Å². The first kappa shape index (κ1) is 26.0. The third-order valence-electron chi connectivity index (χ3n) is 5.34. The van der Waals surface area contributed by atoms with Gasteiger partial charge in [-0.25, -0.2) is 0 Å². The van der Waals surface area contributed by atoms with E-state index in [1.165, 1.54) is 11.1 Å². The minimum absolute atomic E-state index is 0.00899. The van der Waals surface area contributed by atoms with Crippen LogP contribution in [0.1, 0.15) is 66.0 Å². The molecule has 0 heterocycles. The number of nitrogens with zero attached hydrogens (tertiary/aromatic N) is 1. The molecule has 2 aromatic carbocycles. The summed E-state index contributed by atoms with van der Waals surface area (Å²) in [5, 5.41) is 0. The molecule has 178 valence electrons. The van der Waals surface area contributed by atoms with Crippen LogP contribution in [0.25, 0.3) is 0 Å². The Hall–Kier alpha value is -2.24. The quantitative estimate of drug-likeness (QED) is 0.378. The second-order valence-corrected chi connectivity index (χ2v) is 10.1. The first-order valence-corrected chi connectivity index (χ1v) is 11.3. The van der Waals surface area contributed by atoms with Crippen LogP contribution in [0.2, 0.25) is 0 Å². The zero-order valence-corrected chi connectivity index (χ0v) is 21.4. The average Bonchev–Trinajstić information content (AvgIpc) is 2.73. The number of hydrogen-bond donors (Lipinski definition) is 0. The molecule has 0 saturated heterocycles. The van der Waals surface area contributed by atoms with Crippen LogP contribution in [0.15, 0.2) is 36.4 Å². The van der Waals surface area contributed by atoms with Gasteiger partial charge in [0, 0.05) is 20.8 Å². The second kappa shape index (κ2) is 11.1. The molecular formula is C27H41NO4. The van der Waals surface area contributed by atoms with Gasteiger partial charge in [0.25, 0.3) is 0 Å². The lowest BCUT2D eigenvalue weighted by atomic mass is 9.86. The number of methoxy groups -OCH3 is 2. The molecule has 0 radical (unpaired) electrons. The van der Waals surface area contributed by atoms with Crippen molar-refractivity contribution in [3.05, 3.63) is 47.5 Å². The molecule has 0 bridgehead atoms. The van der Waals surface area contributed by atoms with E-state index in [4.69, 9.17) is 18.9 Å². The van der Waals surface area contributed by atoms with Gasteiger partial charge in [-0.1, -0.05) is 60.6 Å². The van der Waals surface area contributed by atoms with E-state index in [1.807, 2.05) is 12.1 Å². The fourth-order valence-corrected chi connectivity index (χ4v) is 3.47. The Morgan fingerprint density at radius 1 is 0.688 bits per heavy atom. The highest BCUT2D eigenvalue weighted by Gasteiger charge is 2.24. The van der Waals surface area contributed by atoms with E-state index in [-0.39, 0.29) is 24.4 Å². The van der Waals surface area contributed by atoms with E-state index >= 15 is 0 Å². The maximum absolute atomic E-state index is 5.99. The van der Waals surface area contributed by atoms with Crippen molar-refractivity contribution < 1.29 is 18.9 Å². The Morgan fingerprint density at radius 2 is 1.09 bits per heavy atom. The van der Waals surface area contributed by atoms with Gasteiger partial charge in [-0.3, -0.25) is 0 Å². The van der Waals surface area contributed by atoms with Crippen molar-refractivity contribution in [3.63, 3.8) is 0 Å². The van der Waals surface area contributed by atoms with Crippen molar-refractivity contribution in [3.8, 4) is 11.5 Å². The summed E-state index contributed by atoms with van der Waals surface area (Å²) in [5.74, 6) is 1.57. The Bertz CT molecular complexity index is 795. The molecule has 0 atom stereocenters. The molecule has 2 aromatic rings. The fraction of sp³-hybridized carbons (Fsp3) is 0.556. The van der Waals surface area contributed by atoms with Gasteiger partial charge in [0.1, 0.15) is 11.5 Å². The topological polar surface area (TPSA) is 40.2 Å². The Morgan fingerprint density at radius 3 is 1.41 bits per heavy atom. The molecule has 0 spiro atoms. The van der Waals surface area contributed by atoms with Gasteiger partial charge in [-0.2, -0.15) is 0 Å². The molecule has 0 saturated carbocycles. The number of anilines is 2. The number of rotatable bonds is 10. The summed E-state index contributed by atoms with van der Waals surface area (Å²) in [6.45, 7) is 16.7. The summed E-state index contributed by atoms with van der Waals surface area (Å²) in [7, 11) is 3.27. The SMILES string of the molecule is CCCN(c1cc(C(C)(C)C)ccc1OCOC)c1cc(C(C)(C)C)ccc1OCOC. The molecule has 5 heteroatoms.